The molecule has 0 aliphatic carbocycles. The minimum absolute atomic E-state index is 0.00694. The zero-order valence-electron chi connectivity index (χ0n) is 5.68. The van der Waals surface area contributed by atoms with Crippen LogP contribution in [0.1, 0.15) is 19.8 Å². The summed E-state index contributed by atoms with van der Waals surface area (Å²) in [6, 6.07) is 0. The fourth-order valence-corrected chi connectivity index (χ4v) is 0.485. The summed E-state index contributed by atoms with van der Waals surface area (Å²) < 4.78 is 0. The number of carbonyl (C=O) groups is 1. The molecule has 0 aromatic carbocycles. The number of allylic oxidation sites excluding steroid dienone is 2. The van der Waals surface area contributed by atoms with Gasteiger partial charge in [-0.2, -0.15) is 0 Å². The molecule has 0 aromatic rings. The summed E-state index contributed by atoms with van der Waals surface area (Å²) in [5.41, 5.74) is 0.275. The Morgan fingerprint density at radius 1 is 1.78 bits per heavy atom. The lowest BCUT2D eigenvalue weighted by Crippen LogP contribution is -1.96. The fourth-order valence-electron chi connectivity index (χ4n) is 0.485. The molecule has 1 radical (unpaired) electrons. The van der Waals surface area contributed by atoms with E-state index in [0.717, 1.165) is 6.42 Å². The lowest BCUT2D eigenvalue weighted by atomic mass is 10.1. The zero-order valence-corrected chi connectivity index (χ0v) is 5.68. The molecule has 0 aromatic heterocycles. The van der Waals surface area contributed by atoms with Gasteiger partial charge in [-0.1, -0.05) is 26.2 Å². The Kier molecular flexibility index (Phi) is 3.69. The smallest absolute Gasteiger partial charge is 0.162 e. The molecular formula is C8H11O. The van der Waals surface area contributed by atoms with Crippen molar-refractivity contribution in [3.63, 3.8) is 0 Å². The van der Waals surface area contributed by atoms with E-state index in [-0.39, 0.29) is 11.4 Å². The molecule has 49 valence electrons. The van der Waals surface area contributed by atoms with Crippen molar-refractivity contribution in [2.75, 3.05) is 0 Å². The number of hydrogen-bond donors (Lipinski definition) is 0. The third kappa shape index (κ3) is 2.85. The van der Waals surface area contributed by atoms with Crippen LogP contribution in [0.2, 0.25) is 0 Å². The number of carbonyl (C=O) groups excluding carboxylic acids is 1. The highest BCUT2D eigenvalue weighted by Gasteiger charge is 1.99. The van der Waals surface area contributed by atoms with Crippen molar-refractivity contribution in [1.82, 2.24) is 0 Å². The average Bonchev–Trinajstić information content (AvgIpc) is 1.87. The van der Waals surface area contributed by atoms with E-state index in [4.69, 9.17) is 6.58 Å². The van der Waals surface area contributed by atoms with Crippen LogP contribution in [0.5, 0.6) is 0 Å². The van der Waals surface area contributed by atoms with Gasteiger partial charge in [-0.05, 0) is 6.42 Å². The van der Waals surface area contributed by atoms with Crippen molar-refractivity contribution in [1.29, 1.82) is 0 Å². The van der Waals surface area contributed by atoms with Crippen LogP contribution in [0.4, 0.5) is 0 Å². The minimum Gasteiger partial charge on any atom is -0.294 e. The Morgan fingerprint density at radius 3 is 2.67 bits per heavy atom. The van der Waals surface area contributed by atoms with Crippen molar-refractivity contribution in [2.24, 2.45) is 0 Å². The third-order valence-electron chi connectivity index (χ3n) is 1.02. The second-order valence-electron chi connectivity index (χ2n) is 1.83. The maximum absolute atomic E-state index is 10.7. The quantitative estimate of drug-likeness (QED) is 0.412. The maximum atomic E-state index is 10.7. The molecule has 0 saturated heterocycles. The van der Waals surface area contributed by atoms with Crippen LogP contribution in [0, 0.1) is 6.58 Å². The number of hydrogen-bond acceptors (Lipinski definition) is 1. The molecule has 1 heteroatoms. The average molecular weight is 123 g/mol. The molecule has 0 saturated carbocycles. The molecule has 9 heavy (non-hydrogen) atoms. The Bertz CT molecular complexity index is 134. The molecule has 0 atom stereocenters. The van der Waals surface area contributed by atoms with E-state index in [1.807, 2.05) is 6.92 Å². The van der Waals surface area contributed by atoms with Gasteiger partial charge in [-0.15, -0.1) is 0 Å². The van der Waals surface area contributed by atoms with Gasteiger partial charge in [0.05, 0.1) is 0 Å². The Hall–Kier alpha value is -0.850. The molecule has 1 nitrogen and oxygen atoms in total. The summed E-state index contributed by atoms with van der Waals surface area (Å²) in [5.74, 6) is -0.00694. The summed E-state index contributed by atoms with van der Waals surface area (Å²) in [6.07, 6.45) is 2.75. The first kappa shape index (κ1) is 8.15. The minimum atomic E-state index is -0.00694. The zero-order chi connectivity index (χ0) is 7.28. The van der Waals surface area contributed by atoms with Crippen molar-refractivity contribution in [3.8, 4) is 0 Å². The Balaban J connectivity index is 3.73. The van der Waals surface area contributed by atoms with Crippen molar-refractivity contribution >= 4 is 5.78 Å². The van der Waals surface area contributed by atoms with Crippen LogP contribution in [0.25, 0.3) is 0 Å². The van der Waals surface area contributed by atoms with E-state index >= 15 is 0 Å². The maximum Gasteiger partial charge on any atom is 0.162 e. The molecule has 0 amide bonds. The van der Waals surface area contributed by atoms with Crippen LogP contribution in [0.15, 0.2) is 18.2 Å². The molecule has 0 unspecified atom stereocenters. The number of rotatable bonds is 4. The van der Waals surface area contributed by atoms with Gasteiger partial charge in [0, 0.05) is 12.0 Å². The molecule has 0 N–H and O–H groups in total. The fraction of sp³-hybridized carbons (Fsp3) is 0.375. The molecule has 0 fully saturated rings. The van der Waals surface area contributed by atoms with Crippen molar-refractivity contribution in [3.05, 3.63) is 24.8 Å². The first-order valence-corrected chi connectivity index (χ1v) is 3.00. The summed E-state index contributed by atoms with van der Waals surface area (Å²) in [7, 11) is 0. The lowest BCUT2D eigenvalue weighted by molar-refractivity contribution is -0.115. The van der Waals surface area contributed by atoms with E-state index in [9.17, 15) is 4.79 Å². The monoisotopic (exact) mass is 123 g/mol. The lowest BCUT2D eigenvalue weighted by Gasteiger charge is -1.93. The molecule has 0 spiro atoms. The Morgan fingerprint density at radius 2 is 2.33 bits per heavy atom. The number of Topliss-reactive ketones (excluding diaryl/α,β-unsaturated/α-hetero) is 1. The highest BCUT2D eigenvalue weighted by atomic mass is 16.1. The summed E-state index contributed by atoms with van der Waals surface area (Å²) >= 11 is 0. The van der Waals surface area contributed by atoms with Crippen molar-refractivity contribution in [2.45, 2.75) is 19.8 Å². The van der Waals surface area contributed by atoms with E-state index in [0.29, 0.717) is 6.42 Å². The van der Waals surface area contributed by atoms with E-state index in [1.54, 1.807) is 0 Å². The Labute approximate surface area is 56.1 Å². The topological polar surface area (TPSA) is 17.1 Å². The summed E-state index contributed by atoms with van der Waals surface area (Å²) in [5, 5.41) is 0. The van der Waals surface area contributed by atoms with Gasteiger partial charge in [0.25, 0.3) is 0 Å². The summed E-state index contributed by atoms with van der Waals surface area (Å²) in [4.78, 5) is 10.7. The van der Waals surface area contributed by atoms with Gasteiger partial charge < -0.3 is 0 Å². The van der Waals surface area contributed by atoms with Crippen LogP contribution in [-0.2, 0) is 4.79 Å². The molecular weight excluding hydrogens is 112 g/mol. The van der Waals surface area contributed by atoms with E-state index in [2.05, 4.69) is 6.58 Å². The van der Waals surface area contributed by atoms with Crippen LogP contribution in [0.3, 0.4) is 0 Å². The largest absolute Gasteiger partial charge is 0.294 e. The van der Waals surface area contributed by atoms with E-state index in [1.165, 1.54) is 6.08 Å². The SMILES string of the molecule is [CH]=C(C=C)C(=O)CCC. The summed E-state index contributed by atoms with van der Waals surface area (Å²) in [6.45, 7) is 10.6. The van der Waals surface area contributed by atoms with Gasteiger partial charge in [0.1, 0.15) is 0 Å². The van der Waals surface area contributed by atoms with Crippen LogP contribution >= 0.6 is 0 Å². The first-order valence-electron chi connectivity index (χ1n) is 3.00. The van der Waals surface area contributed by atoms with Crippen LogP contribution < -0.4 is 0 Å². The molecule has 0 aliphatic rings. The van der Waals surface area contributed by atoms with Gasteiger partial charge in [-0.3, -0.25) is 4.79 Å². The van der Waals surface area contributed by atoms with Gasteiger partial charge in [0.2, 0.25) is 0 Å². The van der Waals surface area contributed by atoms with Crippen LogP contribution in [-0.4, -0.2) is 5.78 Å². The second kappa shape index (κ2) is 4.07. The third-order valence-corrected chi connectivity index (χ3v) is 1.02. The highest BCUT2D eigenvalue weighted by Crippen LogP contribution is 1.99. The first-order chi connectivity index (χ1) is 4.22. The molecule has 0 heterocycles. The van der Waals surface area contributed by atoms with E-state index < -0.39 is 0 Å². The second-order valence-corrected chi connectivity index (χ2v) is 1.83. The predicted molar refractivity (Wildman–Crippen MR) is 37.9 cm³/mol. The number of ketones is 1. The normalized spacial score (nSPS) is 8.56. The van der Waals surface area contributed by atoms with Gasteiger partial charge >= 0.3 is 0 Å². The van der Waals surface area contributed by atoms with Gasteiger partial charge in [0.15, 0.2) is 5.78 Å². The molecule has 0 aliphatic heterocycles. The predicted octanol–water partition coefficient (Wildman–Crippen LogP) is 1.90. The van der Waals surface area contributed by atoms with Gasteiger partial charge in [-0.25, -0.2) is 0 Å². The standard InChI is InChI=1S/C8H11O/c1-4-6-8(9)7(3)5-2/h3,5H,2,4,6H2,1H3. The molecule has 0 rings (SSSR count). The molecule has 0 bridgehead atoms. The highest BCUT2D eigenvalue weighted by molar-refractivity contribution is 5.96. The van der Waals surface area contributed by atoms with Crippen molar-refractivity contribution < 1.29 is 4.79 Å².